The molecule has 1 aromatic heterocycles. The molecule has 9 N–H and O–H groups in total. The number of hydrogen-bond donors (Lipinski definition) is 6. The van der Waals surface area contributed by atoms with Gasteiger partial charge in [0.2, 0.25) is 23.6 Å². The molecule has 3 aromatic rings. The lowest BCUT2D eigenvalue weighted by atomic mass is 10.0. The molecule has 5 rings (SSSR count). The highest BCUT2D eigenvalue weighted by atomic mass is 32.1. The lowest BCUT2D eigenvalue weighted by Gasteiger charge is -2.28. The van der Waals surface area contributed by atoms with Gasteiger partial charge in [-0.1, -0.05) is 56.7 Å². The lowest BCUT2D eigenvalue weighted by Crippen LogP contribution is -2.54. The van der Waals surface area contributed by atoms with Gasteiger partial charge in [0.1, 0.15) is 12.1 Å². The van der Waals surface area contributed by atoms with Gasteiger partial charge in [-0.25, -0.2) is 0 Å². The fourth-order valence-corrected chi connectivity index (χ4v) is 6.47. The third-order valence-corrected chi connectivity index (χ3v) is 8.95. The van der Waals surface area contributed by atoms with Crippen molar-refractivity contribution in [1.29, 1.82) is 0 Å². The minimum atomic E-state index is -0.686. The number of nitrogens with one attached hydrogen (secondary N) is 3. The Balaban J connectivity index is 0.000000281. The van der Waals surface area contributed by atoms with Crippen LogP contribution in [0.15, 0.2) is 59.7 Å². The van der Waals surface area contributed by atoms with Crippen LogP contribution in [-0.2, 0) is 38.4 Å². The van der Waals surface area contributed by atoms with E-state index in [4.69, 9.17) is 17.3 Å². The van der Waals surface area contributed by atoms with Gasteiger partial charge in [-0.15, -0.1) is 11.3 Å². The number of anilines is 1. The summed E-state index contributed by atoms with van der Waals surface area (Å²) in [5, 5.41) is 8.82. The van der Waals surface area contributed by atoms with E-state index in [1.807, 2.05) is 61.7 Å². The molecule has 2 aliphatic rings. The van der Waals surface area contributed by atoms with E-state index in [0.717, 1.165) is 34.2 Å². The Morgan fingerprint density at radius 1 is 1.11 bits per heavy atom. The normalized spacial score (nSPS) is 18.0. The van der Waals surface area contributed by atoms with E-state index in [0.29, 0.717) is 37.8 Å². The zero-order valence-electron chi connectivity index (χ0n) is 25.1. The van der Waals surface area contributed by atoms with Crippen LogP contribution in [0.5, 0.6) is 0 Å². The summed E-state index contributed by atoms with van der Waals surface area (Å²) in [6.45, 7) is 4.16. The second-order valence-corrected chi connectivity index (χ2v) is 12.1. The van der Waals surface area contributed by atoms with Gasteiger partial charge < -0.3 is 27.5 Å². The quantitative estimate of drug-likeness (QED) is 0.148. The molecule has 11 nitrogen and oxygen atoms in total. The summed E-state index contributed by atoms with van der Waals surface area (Å²) in [5.41, 5.74) is 17.4. The molecule has 2 aliphatic heterocycles. The number of fused-ring (bicyclic) bond motifs is 1. The number of rotatable bonds is 10. The lowest BCUT2D eigenvalue weighted by molar-refractivity contribution is -0.129. The van der Waals surface area contributed by atoms with Crippen LogP contribution < -0.4 is 38.3 Å². The number of hydrazine groups is 1. The number of carbonyl (C=O) groups is 4. The van der Waals surface area contributed by atoms with Crippen LogP contribution >= 0.6 is 11.3 Å². The van der Waals surface area contributed by atoms with Gasteiger partial charge in [-0.3, -0.25) is 29.9 Å². The summed E-state index contributed by atoms with van der Waals surface area (Å²) in [6, 6.07) is 12.6. The number of hydrogen-bond acceptors (Lipinski definition) is 8. The van der Waals surface area contributed by atoms with Crippen molar-refractivity contribution < 1.29 is 19.2 Å². The molecule has 4 amide bonds. The summed E-state index contributed by atoms with van der Waals surface area (Å²) in [5.74, 6) is 4.51. The molecular weight excluding hydrogens is 578 g/mol. The first-order chi connectivity index (χ1) is 21.1. The van der Waals surface area contributed by atoms with Gasteiger partial charge in [0.25, 0.3) is 0 Å². The second-order valence-electron chi connectivity index (χ2n) is 11.2. The number of benzene rings is 2. The summed E-state index contributed by atoms with van der Waals surface area (Å²) in [6.07, 6.45) is 4.59. The summed E-state index contributed by atoms with van der Waals surface area (Å²) >= 11 is 1.65. The molecule has 2 aromatic carbocycles. The van der Waals surface area contributed by atoms with Gasteiger partial charge in [0.05, 0.1) is 18.7 Å². The highest BCUT2D eigenvalue weighted by Gasteiger charge is 2.43. The largest absolute Gasteiger partial charge is 0.399 e. The number of primary amides is 1. The van der Waals surface area contributed by atoms with Gasteiger partial charge in [0.15, 0.2) is 0 Å². The molecule has 234 valence electrons. The number of amides is 4. The Bertz CT molecular complexity index is 1550. The maximum Gasteiger partial charge on any atom is 0.250 e. The third-order valence-electron chi connectivity index (χ3n) is 7.94. The number of para-hydroxylation sites is 1. The van der Waals surface area contributed by atoms with E-state index in [9.17, 15) is 19.2 Å². The Labute approximate surface area is 261 Å². The van der Waals surface area contributed by atoms with Gasteiger partial charge in [0, 0.05) is 29.4 Å². The first kappa shape index (κ1) is 32.5. The predicted molar refractivity (Wildman–Crippen MR) is 173 cm³/mol. The topological polar surface area (TPSA) is 186 Å². The van der Waals surface area contributed by atoms with Crippen molar-refractivity contribution in [1.82, 2.24) is 16.1 Å². The molecule has 3 atom stereocenters. The van der Waals surface area contributed by atoms with E-state index in [1.165, 1.54) is 10.9 Å². The van der Waals surface area contributed by atoms with E-state index in [-0.39, 0.29) is 36.1 Å². The van der Waals surface area contributed by atoms with Crippen molar-refractivity contribution in [3.8, 4) is 0 Å². The monoisotopic (exact) mass is 619 g/mol. The standard InChI is InChI=1S/C22H32N6O3.C10H9NOS/c1-3-13(2)9-19(29)27-17-8-7-14-5-4-6-15-10-18(28(20(14)15)22(17)31)21(30)25-11-16(23)12-26-24;11-10(12)5-7-6-13-9-4-2-1-3-8(7)9/h4-6,12-13,17-18,26H,3,7-11,23-24H2,1-2H3,(H,25,30)(H,27,29);1-4,6H,5H2,(H2,11,12)/b16-12-;. The SMILES string of the molecule is CCC(C)CC(=O)NC1CCc2cccc3c2N(C1=O)C(C(=O)NC/C(N)=C/NN)C3.NC(=O)Cc1csc2ccccc12. The van der Waals surface area contributed by atoms with Crippen molar-refractivity contribution in [2.75, 3.05) is 11.4 Å². The molecular formula is C32H41N7O4S. The smallest absolute Gasteiger partial charge is 0.250 e. The molecule has 0 bridgehead atoms. The Kier molecular flexibility index (Phi) is 11.0. The number of nitrogens with two attached hydrogens (primary N) is 3. The third kappa shape index (κ3) is 7.74. The highest BCUT2D eigenvalue weighted by Crippen LogP contribution is 2.39. The number of thiophene rings is 1. The van der Waals surface area contributed by atoms with Crippen molar-refractivity contribution in [3.63, 3.8) is 0 Å². The molecule has 0 fully saturated rings. The number of aryl methyl sites for hydroxylation is 1. The van der Waals surface area contributed by atoms with Crippen molar-refractivity contribution >= 4 is 50.7 Å². The maximum absolute atomic E-state index is 13.5. The molecule has 0 saturated heterocycles. The maximum atomic E-state index is 13.5. The zero-order chi connectivity index (χ0) is 31.8. The molecule has 3 heterocycles. The van der Waals surface area contributed by atoms with Crippen molar-refractivity contribution in [2.45, 2.75) is 64.5 Å². The fourth-order valence-electron chi connectivity index (χ4n) is 5.51. The van der Waals surface area contributed by atoms with Gasteiger partial charge >= 0.3 is 0 Å². The van der Waals surface area contributed by atoms with Crippen molar-refractivity contribution in [3.05, 3.63) is 76.4 Å². The van der Waals surface area contributed by atoms with Gasteiger partial charge in [-0.2, -0.15) is 0 Å². The zero-order valence-corrected chi connectivity index (χ0v) is 25.9. The Morgan fingerprint density at radius 2 is 1.86 bits per heavy atom. The van der Waals surface area contributed by atoms with Crippen LogP contribution in [0.2, 0.25) is 0 Å². The summed E-state index contributed by atoms with van der Waals surface area (Å²) in [4.78, 5) is 51.2. The van der Waals surface area contributed by atoms with Crippen LogP contribution in [0.25, 0.3) is 10.1 Å². The average Bonchev–Trinajstić information content (AvgIpc) is 3.56. The first-order valence-corrected chi connectivity index (χ1v) is 15.7. The average molecular weight is 620 g/mol. The predicted octanol–water partition coefficient (Wildman–Crippen LogP) is 2.12. The van der Waals surface area contributed by atoms with E-state index in [1.54, 1.807) is 16.2 Å². The molecule has 44 heavy (non-hydrogen) atoms. The van der Waals surface area contributed by atoms with Crippen LogP contribution in [0.3, 0.4) is 0 Å². The number of carbonyl (C=O) groups excluding carboxylic acids is 4. The van der Waals surface area contributed by atoms with E-state index < -0.39 is 12.1 Å². The number of nitrogens with zero attached hydrogens (tertiary/aromatic N) is 1. The Morgan fingerprint density at radius 3 is 2.59 bits per heavy atom. The molecule has 3 unspecified atom stereocenters. The molecule has 12 heteroatoms. The fraction of sp³-hybridized carbons (Fsp3) is 0.375. The second kappa shape index (κ2) is 14.8. The minimum Gasteiger partial charge on any atom is -0.399 e. The van der Waals surface area contributed by atoms with Crippen LogP contribution in [-0.4, -0.2) is 42.3 Å². The van der Waals surface area contributed by atoms with Crippen molar-refractivity contribution in [2.24, 2.45) is 23.2 Å². The van der Waals surface area contributed by atoms with Crippen LogP contribution in [0.1, 0.15) is 49.8 Å². The van der Waals surface area contributed by atoms with Crippen LogP contribution in [0, 0.1) is 5.92 Å². The van der Waals surface area contributed by atoms with Crippen LogP contribution in [0.4, 0.5) is 5.69 Å². The minimum absolute atomic E-state index is 0.111. The molecule has 0 spiro atoms. The van der Waals surface area contributed by atoms with Gasteiger partial charge in [-0.05, 0) is 52.3 Å². The molecule has 0 saturated carbocycles. The highest BCUT2D eigenvalue weighted by molar-refractivity contribution is 7.17. The summed E-state index contributed by atoms with van der Waals surface area (Å²) < 4.78 is 1.21. The summed E-state index contributed by atoms with van der Waals surface area (Å²) in [7, 11) is 0. The van der Waals surface area contributed by atoms with E-state index in [2.05, 4.69) is 16.1 Å². The Hall–Kier alpha value is -4.42. The first-order valence-electron chi connectivity index (χ1n) is 14.8. The molecule has 0 radical (unpaired) electrons. The molecule has 0 aliphatic carbocycles. The van der Waals surface area contributed by atoms with E-state index >= 15 is 0 Å².